The van der Waals surface area contributed by atoms with Gasteiger partial charge in [0.25, 0.3) is 0 Å². The van der Waals surface area contributed by atoms with Crippen LogP contribution in [0.4, 0.5) is 0 Å². The van der Waals surface area contributed by atoms with Crippen LogP contribution >= 0.6 is 11.6 Å². The van der Waals surface area contributed by atoms with Gasteiger partial charge in [0.15, 0.2) is 5.78 Å². The number of rotatable bonds is 2. The Kier molecular flexibility index (Phi) is 2.87. The van der Waals surface area contributed by atoms with Crippen molar-refractivity contribution >= 4 is 23.3 Å². The quantitative estimate of drug-likeness (QED) is 0.513. The summed E-state index contributed by atoms with van der Waals surface area (Å²) < 4.78 is 0. The Hall–Kier alpha value is -0.830. The summed E-state index contributed by atoms with van der Waals surface area (Å²) in [5.41, 5.74) is 5.58. The SMILES string of the molecule is NC(=O)C(Cl)/C=C1\CCCC1=O. The minimum Gasteiger partial charge on any atom is -0.368 e. The van der Waals surface area contributed by atoms with E-state index in [1.807, 2.05) is 0 Å². The first-order valence-corrected chi connectivity index (χ1v) is 4.22. The van der Waals surface area contributed by atoms with Gasteiger partial charge in [0.05, 0.1) is 0 Å². The van der Waals surface area contributed by atoms with Gasteiger partial charge < -0.3 is 5.73 Å². The average molecular weight is 188 g/mol. The fourth-order valence-corrected chi connectivity index (χ4v) is 1.33. The number of primary amides is 1. The first-order chi connectivity index (χ1) is 5.61. The number of alkyl halides is 1. The molecule has 2 N–H and O–H groups in total. The van der Waals surface area contributed by atoms with Crippen molar-refractivity contribution in [2.75, 3.05) is 0 Å². The summed E-state index contributed by atoms with van der Waals surface area (Å²) in [5, 5.41) is -0.845. The Morgan fingerprint density at radius 1 is 1.58 bits per heavy atom. The lowest BCUT2D eigenvalue weighted by molar-refractivity contribution is -0.116. The highest BCUT2D eigenvalue weighted by atomic mass is 35.5. The van der Waals surface area contributed by atoms with Gasteiger partial charge in [0.2, 0.25) is 5.91 Å². The molecule has 1 saturated carbocycles. The van der Waals surface area contributed by atoms with Gasteiger partial charge in [0, 0.05) is 6.42 Å². The molecule has 4 heteroatoms. The molecule has 3 nitrogen and oxygen atoms in total. The second kappa shape index (κ2) is 3.72. The second-order valence-corrected chi connectivity index (χ2v) is 3.24. The molecule has 0 aromatic heterocycles. The van der Waals surface area contributed by atoms with Crippen molar-refractivity contribution in [3.05, 3.63) is 11.6 Å². The van der Waals surface area contributed by atoms with Gasteiger partial charge in [-0.3, -0.25) is 9.59 Å². The number of Topliss-reactive ketones (excluding diaryl/α,β-unsaturated/α-hetero) is 1. The van der Waals surface area contributed by atoms with E-state index in [0.717, 1.165) is 12.8 Å². The molecule has 1 atom stereocenters. The van der Waals surface area contributed by atoms with Crippen molar-refractivity contribution < 1.29 is 9.59 Å². The predicted octanol–water partition coefficient (Wildman–Crippen LogP) is 0.759. The molecule has 1 unspecified atom stereocenters. The molecular formula is C8H10ClNO2. The minimum absolute atomic E-state index is 0.0851. The molecule has 0 aliphatic heterocycles. The molecule has 0 saturated heterocycles. The Bertz CT molecular complexity index is 247. The fraction of sp³-hybridized carbons (Fsp3) is 0.500. The molecule has 1 amide bonds. The van der Waals surface area contributed by atoms with Crippen LogP contribution in [0.25, 0.3) is 0 Å². The highest BCUT2D eigenvalue weighted by molar-refractivity contribution is 6.32. The van der Waals surface area contributed by atoms with Crippen LogP contribution in [0.3, 0.4) is 0 Å². The first-order valence-electron chi connectivity index (χ1n) is 3.78. The molecule has 0 aromatic carbocycles. The third kappa shape index (κ3) is 2.08. The molecular weight excluding hydrogens is 178 g/mol. The molecule has 1 aliphatic rings. The number of amides is 1. The number of carbonyl (C=O) groups excluding carboxylic acids is 2. The zero-order chi connectivity index (χ0) is 9.14. The summed E-state index contributed by atoms with van der Waals surface area (Å²) >= 11 is 5.56. The van der Waals surface area contributed by atoms with Crippen LogP contribution in [-0.4, -0.2) is 17.1 Å². The summed E-state index contributed by atoms with van der Waals surface area (Å²) in [4.78, 5) is 21.6. The van der Waals surface area contributed by atoms with Crippen LogP contribution in [0, 0.1) is 0 Å². The van der Waals surface area contributed by atoms with E-state index >= 15 is 0 Å². The molecule has 1 aliphatic carbocycles. The molecule has 1 fully saturated rings. The average Bonchev–Trinajstić information content (AvgIpc) is 2.36. The van der Waals surface area contributed by atoms with Crippen molar-refractivity contribution in [3.63, 3.8) is 0 Å². The summed E-state index contributed by atoms with van der Waals surface area (Å²) in [6, 6.07) is 0. The van der Waals surface area contributed by atoms with Crippen LogP contribution < -0.4 is 5.73 Å². The lowest BCUT2D eigenvalue weighted by Crippen LogP contribution is -2.22. The predicted molar refractivity (Wildman–Crippen MR) is 45.8 cm³/mol. The molecule has 0 aromatic rings. The summed E-state index contributed by atoms with van der Waals surface area (Å²) in [5.74, 6) is -0.522. The second-order valence-electron chi connectivity index (χ2n) is 2.77. The Morgan fingerprint density at radius 3 is 2.67 bits per heavy atom. The maximum Gasteiger partial charge on any atom is 0.239 e. The Morgan fingerprint density at radius 2 is 2.25 bits per heavy atom. The van der Waals surface area contributed by atoms with Crippen LogP contribution in [-0.2, 0) is 9.59 Å². The number of nitrogens with two attached hydrogens (primary N) is 1. The minimum atomic E-state index is -0.845. The topological polar surface area (TPSA) is 60.2 Å². The summed E-state index contributed by atoms with van der Waals surface area (Å²) in [6.45, 7) is 0. The molecule has 0 bridgehead atoms. The van der Waals surface area contributed by atoms with Crippen LogP contribution in [0.15, 0.2) is 11.6 Å². The standard InChI is InChI=1S/C8H10ClNO2/c9-6(8(10)12)4-5-2-1-3-7(5)11/h4,6H,1-3H2,(H2,10,12)/b5-4+. The number of ketones is 1. The van der Waals surface area contributed by atoms with Crippen molar-refractivity contribution in [1.82, 2.24) is 0 Å². The maximum absolute atomic E-state index is 11.1. The van der Waals surface area contributed by atoms with Crippen LogP contribution in [0.1, 0.15) is 19.3 Å². The molecule has 0 heterocycles. The number of carbonyl (C=O) groups is 2. The number of hydrogen-bond acceptors (Lipinski definition) is 2. The van der Waals surface area contributed by atoms with Crippen LogP contribution in [0.2, 0.25) is 0 Å². The van der Waals surface area contributed by atoms with Crippen molar-refractivity contribution in [2.24, 2.45) is 5.73 Å². The van der Waals surface area contributed by atoms with Crippen molar-refractivity contribution in [2.45, 2.75) is 24.6 Å². The zero-order valence-corrected chi connectivity index (χ0v) is 7.30. The Balaban J connectivity index is 2.67. The monoisotopic (exact) mass is 187 g/mol. The van der Waals surface area contributed by atoms with Crippen molar-refractivity contribution in [1.29, 1.82) is 0 Å². The van der Waals surface area contributed by atoms with E-state index in [-0.39, 0.29) is 5.78 Å². The first kappa shape index (κ1) is 9.26. The summed E-state index contributed by atoms with van der Waals surface area (Å²) in [7, 11) is 0. The largest absolute Gasteiger partial charge is 0.368 e. The third-order valence-corrected chi connectivity index (χ3v) is 2.17. The third-order valence-electron chi connectivity index (χ3n) is 1.83. The van der Waals surface area contributed by atoms with Gasteiger partial charge >= 0.3 is 0 Å². The van der Waals surface area contributed by atoms with Gasteiger partial charge in [0.1, 0.15) is 5.38 Å². The maximum atomic E-state index is 11.1. The van der Waals surface area contributed by atoms with Gasteiger partial charge in [-0.2, -0.15) is 0 Å². The molecule has 0 radical (unpaired) electrons. The molecule has 12 heavy (non-hydrogen) atoms. The van der Waals surface area contributed by atoms with E-state index in [0.29, 0.717) is 12.0 Å². The fourth-order valence-electron chi connectivity index (χ4n) is 1.17. The molecule has 1 rings (SSSR count). The van der Waals surface area contributed by atoms with E-state index in [9.17, 15) is 9.59 Å². The van der Waals surface area contributed by atoms with Crippen molar-refractivity contribution in [3.8, 4) is 0 Å². The van der Waals surface area contributed by atoms with Gasteiger partial charge in [-0.05, 0) is 18.4 Å². The van der Waals surface area contributed by atoms with E-state index < -0.39 is 11.3 Å². The summed E-state index contributed by atoms with van der Waals surface area (Å²) in [6.07, 6.45) is 3.59. The van der Waals surface area contributed by atoms with E-state index in [1.165, 1.54) is 6.08 Å². The molecule has 66 valence electrons. The highest BCUT2D eigenvalue weighted by Crippen LogP contribution is 2.21. The lowest BCUT2D eigenvalue weighted by atomic mass is 10.2. The van der Waals surface area contributed by atoms with Gasteiger partial charge in [-0.25, -0.2) is 0 Å². The van der Waals surface area contributed by atoms with E-state index in [2.05, 4.69) is 0 Å². The zero-order valence-electron chi connectivity index (χ0n) is 6.55. The number of halogens is 1. The van der Waals surface area contributed by atoms with E-state index in [4.69, 9.17) is 17.3 Å². The number of hydrogen-bond donors (Lipinski definition) is 1. The lowest BCUT2D eigenvalue weighted by Gasteiger charge is -1.98. The van der Waals surface area contributed by atoms with E-state index in [1.54, 1.807) is 0 Å². The van der Waals surface area contributed by atoms with Gasteiger partial charge in [-0.15, -0.1) is 11.6 Å². The normalized spacial score (nSPS) is 23.1. The smallest absolute Gasteiger partial charge is 0.239 e. The molecule has 0 spiro atoms. The number of allylic oxidation sites excluding steroid dienone is 1. The Labute approximate surface area is 75.6 Å². The highest BCUT2D eigenvalue weighted by Gasteiger charge is 2.19. The van der Waals surface area contributed by atoms with Gasteiger partial charge in [-0.1, -0.05) is 6.08 Å². The van der Waals surface area contributed by atoms with Crippen LogP contribution in [0.5, 0.6) is 0 Å².